The molecule has 0 aromatic heterocycles. The van der Waals surface area contributed by atoms with Crippen molar-refractivity contribution in [1.29, 1.82) is 0 Å². The Kier molecular flexibility index (Phi) is 7.67. The van der Waals surface area contributed by atoms with E-state index in [1.54, 1.807) is 12.1 Å². The maximum absolute atomic E-state index is 12.4. The number of hydrogen-bond donors (Lipinski definition) is 3. The summed E-state index contributed by atoms with van der Waals surface area (Å²) in [6.07, 6.45) is 0.834. The predicted octanol–water partition coefficient (Wildman–Crippen LogP) is 1.19. The van der Waals surface area contributed by atoms with E-state index in [1.165, 1.54) is 12.1 Å². The second kappa shape index (κ2) is 9.00. The number of aliphatic hydroxyl groups is 1. The van der Waals surface area contributed by atoms with Gasteiger partial charge in [-0.2, -0.15) is 4.72 Å². The Morgan fingerprint density at radius 3 is 2.35 bits per heavy atom. The molecule has 23 heavy (non-hydrogen) atoms. The Morgan fingerprint density at radius 1 is 1.22 bits per heavy atom. The van der Waals surface area contributed by atoms with Crippen molar-refractivity contribution in [3.8, 4) is 0 Å². The van der Waals surface area contributed by atoms with Crippen LogP contribution in [0.5, 0.6) is 0 Å². The fraction of sp³-hybridized carbons (Fsp3) is 0.562. The van der Waals surface area contributed by atoms with Crippen molar-refractivity contribution in [3.05, 3.63) is 29.8 Å². The lowest BCUT2D eigenvalue weighted by Gasteiger charge is -2.20. The summed E-state index contributed by atoms with van der Waals surface area (Å²) in [6.45, 7) is 6.02. The summed E-state index contributed by atoms with van der Waals surface area (Å²) in [5, 5.41) is 11.4. The molecular formula is C16H26N2O4S. The van der Waals surface area contributed by atoms with Gasteiger partial charge in [0.2, 0.25) is 15.9 Å². The number of aryl methyl sites for hydroxylation is 1. The van der Waals surface area contributed by atoms with E-state index >= 15 is 0 Å². The minimum Gasteiger partial charge on any atom is -0.396 e. The highest BCUT2D eigenvalue weighted by atomic mass is 32.2. The Balaban J connectivity index is 2.86. The fourth-order valence-corrected chi connectivity index (χ4v) is 3.27. The van der Waals surface area contributed by atoms with Crippen LogP contribution in [0.1, 0.15) is 32.3 Å². The van der Waals surface area contributed by atoms with Crippen LogP contribution in [-0.4, -0.2) is 38.6 Å². The van der Waals surface area contributed by atoms with Crippen molar-refractivity contribution in [1.82, 2.24) is 10.0 Å². The van der Waals surface area contributed by atoms with E-state index in [1.807, 2.05) is 20.8 Å². The number of carbonyl (C=O) groups is 1. The molecule has 0 bridgehead atoms. The van der Waals surface area contributed by atoms with Crippen LogP contribution >= 0.6 is 0 Å². The van der Waals surface area contributed by atoms with Crippen molar-refractivity contribution >= 4 is 15.9 Å². The minimum absolute atomic E-state index is 0.0236. The summed E-state index contributed by atoms with van der Waals surface area (Å²) in [5.41, 5.74) is 0.962. The van der Waals surface area contributed by atoms with E-state index in [9.17, 15) is 13.2 Å². The van der Waals surface area contributed by atoms with Crippen molar-refractivity contribution in [2.75, 3.05) is 13.2 Å². The number of rotatable bonds is 9. The first-order chi connectivity index (χ1) is 10.8. The van der Waals surface area contributed by atoms with Crippen LogP contribution in [0, 0.1) is 12.8 Å². The normalized spacial score (nSPS) is 13.1. The highest BCUT2D eigenvalue weighted by molar-refractivity contribution is 7.89. The summed E-state index contributed by atoms with van der Waals surface area (Å²) in [5.74, 6) is -0.216. The number of benzene rings is 1. The molecular weight excluding hydrogens is 316 g/mol. The lowest BCUT2D eigenvalue weighted by Crippen LogP contribution is -2.47. The Bertz CT molecular complexity index is 597. The lowest BCUT2D eigenvalue weighted by atomic mass is 10.0. The van der Waals surface area contributed by atoms with Gasteiger partial charge in [-0.15, -0.1) is 0 Å². The van der Waals surface area contributed by atoms with Gasteiger partial charge in [-0.05, 0) is 37.8 Å². The molecule has 0 aliphatic heterocycles. The second-order valence-electron chi connectivity index (χ2n) is 5.98. The largest absolute Gasteiger partial charge is 0.396 e. The molecule has 3 N–H and O–H groups in total. The molecule has 1 rings (SSSR count). The Labute approximate surface area is 138 Å². The van der Waals surface area contributed by atoms with Gasteiger partial charge in [-0.1, -0.05) is 31.5 Å². The molecule has 0 saturated carbocycles. The average molecular weight is 342 g/mol. The summed E-state index contributed by atoms with van der Waals surface area (Å²) in [7, 11) is -3.76. The van der Waals surface area contributed by atoms with E-state index in [4.69, 9.17) is 5.11 Å². The van der Waals surface area contributed by atoms with Gasteiger partial charge >= 0.3 is 0 Å². The Hall–Kier alpha value is -1.44. The number of aliphatic hydroxyl groups excluding tert-OH is 1. The molecule has 1 amide bonds. The summed E-state index contributed by atoms with van der Waals surface area (Å²) in [4.78, 5) is 12.3. The van der Waals surface area contributed by atoms with E-state index in [2.05, 4.69) is 10.0 Å². The van der Waals surface area contributed by atoms with Crippen LogP contribution in [0.2, 0.25) is 0 Å². The monoisotopic (exact) mass is 342 g/mol. The summed E-state index contributed by atoms with van der Waals surface area (Å²) >= 11 is 0. The zero-order valence-electron chi connectivity index (χ0n) is 13.9. The molecule has 0 unspecified atom stereocenters. The lowest BCUT2D eigenvalue weighted by molar-refractivity contribution is -0.123. The van der Waals surface area contributed by atoms with Crippen LogP contribution in [0.3, 0.4) is 0 Å². The summed E-state index contributed by atoms with van der Waals surface area (Å²) < 4.78 is 27.4. The zero-order valence-corrected chi connectivity index (χ0v) is 14.7. The van der Waals surface area contributed by atoms with Gasteiger partial charge < -0.3 is 10.4 Å². The maximum atomic E-state index is 12.4. The summed E-state index contributed by atoms with van der Waals surface area (Å²) in [6, 6.07) is 5.64. The fourth-order valence-electron chi connectivity index (χ4n) is 2.07. The van der Waals surface area contributed by atoms with Gasteiger partial charge in [0.1, 0.15) is 6.04 Å². The standard InChI is InChI=1S/C16H26N2O4S/c1-12(2)11-15(16(20)17-9-4-10-19)18-23(21,22)14-7-5-13(3)6-8-14/h5-8,12,15,18-19H,4,9-11H2,1-3H3,(H,17,20)/t15-/m0/s1. The smallest absolute Gasteiger partial charge is 0.241 e. The molecule has 0 saturated heterocycles. The van der Waals surface area contributed by atoms with Crippen molar-refractivity contribution in [2.45, 2.75) is 44.6 Å². The highest BCUT2D eigenvalue weighted by Gasteiger charge is 2.26. The third kappa shape index (κ3) is 6.68. The highest BCUT2D eigenvalue weighted by Crippen LogP contribution is 2.13. The van der Waals surface area contributed by atoms with Crippen molar-refractivity contribution < 1.29 is 18.3 Å². The third-order valence-electron chi connectivity index (χ3n) is 3.29. The van der Waals surface area contributed by atoms with Crippen LogP contribution in [-0.2, 0) is 14.8 Å². The third-order valence-corrected chi connectivity index (χ3v) is 4.77. The predicted molar refractivity (Wildman–Crippen MR) is 89.5 cm³/mol. The van der Waals surface area contributed by atoms with E-state index in [-0.39, 0.29) is 23.3 Å². The quantitative estimate of drug-likeness (QED) is 0.587. The molecule has 0 heterocycles. The molecule has 1 atom stereocenters. The molecule has 1 aromatic rings. The van der Waals surface area contributed by atoms with Gasteiger partial charge in [0.15, 0.2) is 0 Å². The number of carbonyl (C=O) groups excluding carboxylic acids is 1. The minimum atomic E-state index is -3.76. The van der Waals surface area contributed by atoms with Crippen LogP contribution < -0.4 is 10.0 Å². The molecule has 0 spiro atoms. The van der Waals surface area contributed by atoms with Crippen molar-refractivity contribution in [3.63, 3.8) is 0 Å². The first kappa shape index (κ1) is 19.6. The van der Waals surface area contributed by atoms with Crippen molar-refractivity contribution in [2.24, 2.45) is 5.92 Å². The molecule has 0 aliphatic carbocycles. The van der Waals surface area contributed by atoms with Crippen LogP contribution in [0.4, 0.5) is 0 Å². The Morgan fingerprint density at radius 2 is 1.83 bits per heavy atom. The molecule has 0 aliphatic rings. The number of sulfonamides is 1. The van der Waals surface area contributed by atoms with Gasteiger partial charge in [0, 0.05) is 13.2 Å². The molecule has 6 nitrogen and oxygen atoms in total. The first-order valence-electron chi connectivity index (χ1n) is 7.74. The molecule has 0 fully saturated rings. The second-order valence-corrected chi connectivity index (χ2v) is 7.70. The van der Waals surface area contributed by atoms with Gasteiger partial charge in [-0.3, -0.25) is 4.79 Å². The average Bonchev–Trinajstić information content (AvgIpc) is 2.46. The zero-order chi connectivity index (χ0) is 17.5. The number of amides is 1. The van der Waals surface area contributed by atoms with E-state index in [0.717, 1.165) is 5.56 Å². The molecule has 1 aromatic carbocycles. The molecule has 0 radical (unpaired) electrons. The first-order valence-corrected chi connectivity index (χ1v) is 9.22. The topological polar surface area (TPSA) is 95.5 Å². The number of nitrogens with one attached hydrogen (secondary N) is 2. The molecule has 7 heteroatoms. The van der Waals surface area contributed by atoms with Gasteiger partial charge in [-0.25, -0.2) is 8.42 Å². The number of hydrogen-bond acceptors (Lipinski definition) is 4. The van der Waals surface area contributed by atoms with Crippen LogP contribution in [0.25, 0.3) is 0 Å². The van der Waals surface area contributed by atoms with Crippen LogP contribution in [0.15, 0.2) is 29.2 Å². The van der Waals surface area contributed by atoms with Gasteiger partial charge in [0.05, 0.1) is 4.90 Å². The SMILES string of the molecule is Cc1ccc(S(=O)(=O)N[C@@H](CC(C)C)C(=O)NCCCO)cc1. The van der Waals surface area contributed by atoms with E-state index < -0.39 is 16.1 Å². The maximum Gasteiger partial charge on any atom is 0.241 e. The van der Waals surface area contributed by atoms with E-state index in [0.29, 0.717) is 19.4 Å². The van der Waals surface area contributed by atoms with Gasteiger partial charge in [0.25, 0.3) is 0 Å². The molecule has 130 valence electrons.